The molecule has 6 heteroatoms. The maximum atomic E-state index is 5.36. The zero-order valence-corrected chi connectivity index (χ0v) is 15.5. The standard InChI is InChI=1S/C21H25N5O/c1-3-11-22-21(23-13-10-20-9-5-15-27-20)25-17(2)18-7-4-8-19(16-18)26-14-6-12-24-26/h3-9,12,14-17H,1,10-11,13H2,2H3,(H2,22,23,25). The summed E-state index contributed by atoms with van der Waals surface area (Å²) in [5, 5.41) is 11.0. The summed E-state index contributed by atoms with van der Waals surface area (Å²) in [6.07, 6.45) is 7.97. The summed E-state index contributed by atoms with van der Waals surface area (Å²) in [7, 11) is 0. The number of rotatable bonds is 8. The summed E-state index contributed by atoms with van der Waals surface area (Å²) in [5.74, 6) is 1.68. The fourth-order valence-corrected chi connectivity index (χ4v) is 2.70. The number of nitrogens with zero attached hydrogens (tertiary/aromatic N) is 3. The highest BCUT2D eigenvalue weighted by atomic mass is 16.3. The average molecular weight is 363 g/mol. The number of benzene rings is 1. The highest BCUT2D eigenvalue weighted by Gasteiger charge is 2.09. The molecular weight excluding hydrogens is 338 g/mol. The van der Waals surface area contributed by atoms with Gasteiger partial charge in [0, 0.05) is 31.9 Å². The van der Waals surface area contributed by atoms with Gasteiger partial charge in [-0.25, -0.2) is 4.68 Å². The molecule has 27 heavy (non-hydrogen) atoms. The van der Waals surface area contributed by atoms with E-state index in [-0.39, 0.29) is 6.04 Å². The molecule has 0 aliphatic carbocycles. The molecule has 1 unspecified atom stereocenters. The van der Waals surface area contributed by atoms with E-state index in [9.17, 15) is 0 Å². The summed E-state index contributed by atoms with van der Waals surface area (Å²) < 4.78 is 7.21. The molecule has 0 spiro atoms. The van der Waals surface area contributed by atoms with E-state index >= 15 is 0 Å². The summed E-state index contributed by atoms with van der Waals surface area (Å²) in [6.45, 7) is 7.16. The maximum absolute atomic E-state index is 5.36. The Morgan fingerprint density at radius 2 is 2.26 bits per heavy atom. The summed E-state index contributed by atoms with van der Waals surface area (Å²) in [6, 6.07) is 14.1. The first kappa shape index (κ1) is 18.5. The Morgan fingerprint density at radius 1 is 1.33 bits per heavy atom. The van der Waals surface area contributed by atoms with Crippen LogP contribution in [0.2, 0.25) is 0 Å². The molecule has 0 amide bonds. The van der Waals surface area contributed by atoms with Gasteiger partial charge in [-0.2, -0.15) is 5.10 Å². The minimum absolute atomic E-state index is 0.0835. The molecule has 3 aromatic rings. The number of furan rings is 1. The maximum Gasteiger partial charge on any atom is 0.191 e. The van der Waals surface area contributed by atoms with Crippen molar-refractivity contribution in [2.45, 2.75) is 19.4 Å². The van der Waals surface area contributed by atoms with Gasteiger partial charge >= 0.3 is 0 Å². The Morgan fingerprint density at radius 3 is 3.00 bits per heavy atom. The molecule has 0 fully saturated rings. The van der Waals surface area contributed by atoms with E-state index in [0.29, 0.717) is 13.1 Å². The van der Waals surface area contributed by atoms with E-state index in [2.05, 4.69) is 46.4 Å². The van der Waals surface area contributed by atoms with E-state index in [1.807, 2.05) is 47.3 Å². The Labute approximate surface area is 159 Å². The van der Waals surface area contributed by atoms with Crippen molar-refractivity contribution in [2.75, 3.05) is 13.1 Å². The molecule has 140 valence electrons. The van der Waals surface area contributed by atoms with Crippen LogP contribution < -0.4 is 10.6 Å². The van der Waals surface area contributed by atoms with Crippen LogP contribution in [-0.2, 0) is 6.42 Å². The number of nitrogens with one attached hydrogen (secondary N) is 2. The van der Waals surface area contributed by atoms with Crippen LogP contribution in [-0.4, -0.2) is 28.8 Å². The van der Waals surface area contributed by atoms with Gasteiger partial charge < -0.3 is 15.1 Å². The fourth-order valence-electron chi connectivity index (χ4n) is 2.70. The molecule has 2 N–H and O–H groups in total. The largest absolute Gasteiger partial charge is 0.469 e. The minimum atomic E-state index is 0.0835. The van der Waals surface area contributed by atoms with Crippen molar-refractivity contribution in [3.8, 4) is 5.69 Å². The molecule has 2 aromatic heterocycles. The van der Waals surface area contributed by atoms with Gasteiger partial charge in [-0.1, -0.05) is 18.2 Å². The predicted molar refractivity (Wildman–Crippen MR) is 108 cm³/mol. The van der Waals surface area contributed by atoms with Crippen molar-refractivity contribution in [1.82, 2.24) is 20.4 Å². The molecule has 1 atom stereocenters. The monoisotopic (exact) mass is 363 g/mol. The first-order valence-electron chi connectivity index (χ1n) is 9.04. The Balaban J connectivity index is 1.67. The van der Waals surface area contributed by atoms with Crippen LogP contribution >= 0.6 is 0 Å². The first-order valence-corrected chi connectivity index (χ1v) is 9.04. The molecule has 0 saturated heterocycles. The summed E-state index contributed by atoms with van der Waals surface area (Å²) >= 11 is 0. The molecule has 0 aliphatic rings. The Bertz CT molecular complexity index is 853. The van der Waals surface area contributed by atoms with Gasteiger partial charge in [-0.05, 0) is 42.8 Å². The van der Waals surface area contributed by atoms with Crippen molar-refractivity contribution in [3.63, 3.8) is 0 Å². The number of hydrogen-bond acceptors (Lipinski definition) is 3. The highest BCUT2D eigenvalue weighted by Crippen LogP contribution is 2.16. The van der Waals surface area contributed by atoms with Crippen molar-refractivity contribution in [3.05, 3.63) is 85.1 Å². The van der Waals surface area contributed by atoms with Crippen LogP contribution in [0.1, 0.15) is 24.3 Å². The number of aliphatic imine (C=N–C) groups is 1. The summed E-state index contributed by atoms with van der Waals surface area (Å²) in [4.78, 5) is 4.64. The SMILES string of the molecule is C=CCNC(=NCCc1ccco1)NC(C)c1cccc(-n2cccn2)c1. The van der Waals surface area contributed by atoms with Crippen LogP contribution in [0.4, 0.5) is 0 Å². The molecule has 6 nitrogen and oxygen atoms in total. The quantitative estimate of drug-likeness (QED) is 0.365. The molecule has 1 aromatic carbocycles. The number of guanidine groups is 1. The van der Waals surface area contributed by atoms with Crippen LogP contribution in [0.15, 0.2) is 83.2 Å². The van der Waals surface area contributed by atoms with Gasteiger partial charge in [0.1, 0.15) is 5.76 Å². The third-order valence-electron chi connectivity index (χ3n) is 4.11. The van der Waals surface area contributed by atoms with E-state index in [4.69, 9.17) is 4.42 Å². The number of hydrogen-bond donors (Lipinski definition) is 2. The average Bonchev–Trinajstić information content (AvgIpc) is 3.40. The third-order valence-corrected chi connectivity index (χ3v) is 4.11. The van der Waals surface area contributed by atoms with Crippen LogP contribution in [0.3, 0.4) is 0 Å². The topological polar surface area (TPSA) is 67.4 Å². The van der Waals surface area contributed by atoms with Gasteiger partial charge in [-0.15, -0.1) is 6.58 Å². The first-order chi connectivity index (χ1) is 13.3. The normalized spacial score (nSPS) is 12.6. The van der Waals surface area contributed by atoms with Crippen LogP contribution in [0.25, 0.3) is 5.69 Å². The van der Waals surface area contributed by atoms with E-state index in [1.165, 1.54) is 0 Å². The second-order valence-electron chi connectivity index (χ2n) is 6.14. The molecule has 0 saturated carbocycles. The molecule has 0 aliphatic heterocycles. The van der Waals surface area contributed by atoms with Gasteiger partial charge in [0.05, 0.1) is 18.0 Å². The minimum Gasteiger partial charge on any atom is -0.469 e. The van der Waals surface area contributed by atoms with Crippen molar-refractivity contribution in [2.24, 2.45) is 4.99 Å². The molecular formula is C21H25N5O. The second-order valence-corrected chi connectivity index (χ2v) is 6.14. The van der Waals surface area contributed by atoms with Gasteiger partial charge in [0.15, 0.2) is 5.96 Å². The third kappa shape index (κ3) is 5.34. The molecule has 0 radical (unpaired) electrons. The lowest BCUT2D eigenvalue weighted by Gasteiger charge is -2.19. The Kier molecular flexibility index (Phi) is 6.46. The van der Waals surface area contributed by atoms with Crippen LogP contribution in [0.5, 0.6) is 0 Å². The lowest BCUT2D eigenvalue weighted by Crippen LogP contribution is -2.39. The zero-order valence-electron chi connectivity index (χ0n) is 15.5. The Hall–Kier alpha value is -3.28. The smallest absolute Gasteiger partial charge is 0.191 e. The van der Waals surface area contributed by atoms with E-state index in [0.717, 1.165) is 29.4 Å². The molecule has 0 bridgehead atoms. The predicted octanol–water partition coefficient (Wildman–Crippen LogP) is 3.49. The second kappa shape index (κ2) is 9.43. The van der Waals surface area contributed by atoms with Crippen molar-refractivity contribution in [1.29, 1.82) is 0 Å². The van der Waals surface area contributed by atoms with Gasteiger partial charge in [0.2, 0.25) is 0 Å². The lowest BCUT2D eigenvalue weighted by molar-refractivity contribution is 0.510. The van der Waals surface area contributed by atoms with Crippen LogP contribution in [0, 0.1) is 0 Å². The molecule has 3 rings (SSSR count). The lowest BCUT2D eigenvalue weighted by atomic mass is 10.1. The summed E-state index contributed by atoms with van der Waals surface area (Å²) in [5.41, 5.74) is 2.18. The van der Waals surface area contributed by atoms with Crippen molar-refractivity contribution < 1.29 is 4.42 Å². The fraction of sp³-hybridized carbons (Fsp3) is 0.238. The van der Waals surface area contributed by atoms with Crippen molar-refractivity contribution >= 4 is 5.96 Å². The highest BCUT2D eigenvalue weighted by molar-refractivity contribution is 5.80. The van der Waals surface area contributed by atoms with Gasteiger partial charge in [0.25, 0.3) is 0 Å². The van der Waals surface area contributed by atoms with Gasteiger partial charge in [-0.3, -0.25) is 4.99 Å². The zero-order chi connectivity index (χ0) is 18.9. The number of aromatic nitrogens is 2. The van der Waals surface area contributed by atoms with E-state index < -0.39 is 0 Å². The van der Waals surface area contributed by atoms with E-state index in [1.54, 1.807) is 12.5 Å². The molecule has 2 heterocycles.